The van der Waals surface area contributed by atoms with Gasteiger partial charge in [-0.15, -0.1) is 26.3 Å². The Kier molecular flexibility index (Phi) is 9.09. The van der Waals surface area contributed by atoms with Crippen LogP contribution in [0, 0.1) is 0 Å². The molecule has 0 spiro atoms. The summed E-state index contributed by atoms with van der Waals surface area (Å²) >= 11 is 5.88. The Bertz CT molecular complexity index is 1550. The van der Waals surface area contributed by atoms with Crippen molar-refractivity contribution in [2.24, 2.45) is 0 Å². The van der Waals surface area contributed by atoms with Crippen molar-refractivity contribution >= 4 is 21.6 Å². The van der Waals surface area contributed by atoms with Gasteiger partial charge in [0.15, 0.2) is 0 Å². The fourth-order valence-electron chi connectivity index (χ4n) is 4.48. The Morgan fingerprint density at radius 2 is 1.17 bits per heavy atom. The van der Waals surface area contributed by atoms with E-state index in [-0.39, 0.29) is 27.5 Å². The third-order valence-corrected chi connectivity index (χ3v) is 7.95. The highest BCUT2D eigenvalue weighted by molar-refractivity contribution is 7.89. The van der Waals surface area contributed by atoms with Gasteiger partial charge in [-0.1, -0.05) is 66.2 Å². The number of alkyl halides is 6. The second kappa shape index (κ2) is 12.2. The lowest BCUT2D eigenvalue weighted by molar-refractivity contribution is -0.275. The van der Waals surface area contributed by atoms with E-state index in [1.54, 1.807) is 30.3 Å². The molecule has 0 amide bonds. The Hall–Kier alpha value is -3.74. The van der Waals surface area contributed by atoms with E-state index in [1.165, 1.54) is 48.5 Å². The van der Waals surface area contributed by atoms with Gasteiger partial charge in [0.2, 0.25) is 10.0 Å². The van der Waals surface area contributed by atoms with Crippen molar-refractivity contribution in [3.63, 3.8) is 0 Å². The lowest BCUT2D eigenvalue weighted by Gasteiger charge is -2.36. The number of hydrogen-bond donors (Lipinski definition) is 1. The molecule has 0 bridgehead atoms. The quantitative estimate of drug-likeness (QED) is 0.183. The molecule has 0 aromatic heterocycles. The molecule has 0 saturated carbocycles. The Morgan fingerprint density at radius 1 is 0.667 bits per heavy atom. The van der Waals surface area contributed by atoms with Crippen LogP contribution in [-0.2, 0) is 21.9 Å². The molecule has 0 saturated heterocycles. The molecule has 0 atom stereocenters. The van der Waals surface area contributed by atoms with Gasteiger partial charge in [-0.05, 0) is 71.6 Å². The fraction of sp³-hybridized carbons (Fsp3) is 0.172. The highest BCUT2D eigenvalue weighted by Gasteiger charge is 2.39. The number of nitrogens with one attached hydrogen (secondary N) is 1. The highest BCUT2D eigenvalue weighted by atomic mass is 35.5. The van der Waals surface area contributed by atoms with Crippen LogP contribution in [0.3, 0.4) is 0 Å². The number of rotatable bonds is 10. The van der Waals surface area contributed by atoms with Crippen LogP contribution < -0.4 is 14.2 Å². The first kappa shape index (κ1) is 31.2. The molecular weight excluding hydrogens is 608 g/mol. The molecule has 4 rings (SSSR count). The predicted octanol–water partition coefficient (Wildman–Crippen LogP) is 7.64. The summed E-state index contributed by atoms with van der Waals surface area (Å²) in [6.45, 7) is -0.474. The van der Waals surface area contributed by atoms with Crippen molar-refractivity contribution in [2.45, 2.75) is 29.5 Å². The van der Waals surface area contributed by atoms with Gasteiger partial charge in [-0.2, -0.15) is 0 Å². The van der Waals surface area contributed by atoms with Crippen molar-refractivity contribution in [2.75, 3.05) is 6.54 Å². The SMILES string of the molecule is O=S(=O)(NCC(Cc1ccccc1)(c1cccc(OC(F)(F)F)c1)c1cccc(OC(F)(F)F)c1)c1ccc(Cl)cc1. The minimum Gasteiger partial charge on any atom is -0.406 e. The summed E-state index contributed by atoms with van der Waals surface area (Å²) in [5.74, 6) is -1.19. The van der Waals surface area contributed by atoms with Crippen LogP contribution in [0.4, 0.5) is 26.3 Å². The standard InChI is InChI=1S/C29H22ClF6NO4S/c30-23-12-14-26(15-13-23)42(38,39)37-19-27(18-20-6-2-1-3-7-20,21-8-4-10-24(16-21)40-28(31,32)33)22-9-5-11-25(17-22)41-29(34,35)36/h1-17,37H,18-19H2. The average molecular weight is 630 g/mol. The number of ether oxygens (including phenoxy) is 2. The van der Waals surface area contributed by atoms with E-state index in [1.807, 2.05) is 0 Å². The molecule has 42 heavy (non-hydrogen) atoms. The first-order valence-electron chi connectivity index (χ1n) is 12.2. The molecular formula is C29H22ClF6NO4S. The van der Waals surface area contributed by atoms with Crippen LogP contribution in [0.15, 0.2) is 108 Å². The molecule has 0 radical (unpaired) electrons. The third kappa shape index (κ3) is 8.17. The lowest BCUT2D eigenvalue weighted by atomic mass is 9.70. The molecule has 0 aliphatic rings. The number of benzene rings is 4. The molecule has 0 aliphatic heterocycles. The minimum atomic E-state index is -5.03. The first-order chi connectivity index (χ1) is 19.7. The molecule has 0 unspecified atom stereocenters. The molecule has 0 fully saturated rings. The summed E-state index contributed by atoms with van der Waals surface area (Å²) in [6.07, 6.45) is -10.1. The number of hydrogen-bond acceptors (Lipinski definition) is 4. The van der Waals surface area contributed by atoms with Crippen molar-refractivity contribution < 1.29 is 44.2 Å². The van der Waals surface area contributed by atoms with E-state index in [0.717, 1.165) is 24.3 Å². The van der Waals surface area contributed by atoms with Gasteiger partial charge in [0, 0.05) is 17.0 Å². The summed E-state index contributed by atoms with van der Waals surface area (Å²) in [7, 11) is -4.23. The van der Waals surface area contributed by atoms with Crippen LogP contribution >= 0.6 is 11.6 Å². The van der Waals surface area contributed by atoms with Gasteiger partial charge in [0.25, 0.3) is 0 Å². The van der Waals surface area contributed by atoms with Crippen molar-refractivity contribution in [1.29, 1.82) is 0 Å². The summed E-state index contributed by atoms with van der Waals surface area (Å²) < 4.78 is 116. The molecule has 1 N–H and O–H groups in total. The second-order valence-corrected chi connectivity index (χ2v) is 11.4. The van der Waals surface area contributed by atoms with Crippen molar-refractivity contribution in [1.82, 2.24) is 4.72 Å². The fourth-order valence-corrected chi connectivity index (χ4v) is 5.70. The minimum absolute atomic E-state index is 0.0398. The Morgan fingerprint density at radius 3 is 1.64 bits per heavy atom. The third-order valence-electron chi connectivity index (χ3n) is 6.28. The van der Waals surface area contributed by atoms with Gasteiger partial charge in [0.05, 0.1) is 4.90 Å². The summed E-state index contributed by atoms with van der Waals surface area (Å²) in [5.41, 5.74) is -0.670. The van der Waals surface area contributed by atoms with Crippen molar-refractivity contribution in [3.8, 4) is 11.5 Å². The van der Waals surface area contributed by atoms with Crippen LogP contribution in [0.2, 0.25) is 5.02 Å². The molecule has 0 heterocycles. The predicted molar refractivity (Wildman–Crippen MR) is 144 cm³/mol. The number of halogens is 7. The van der Waals surface area contributed by atoms with E-state index in [0.29, 0.717) is 5.56 Å². The normalized spacial score (nSPS) is 12.6. The maximum Gasteiger partial charge on any atom is 0.573 e. The monoisotopic (exact) mass is 629 g/mol. The first-order valence-corrected chi connectivity index (χ1v) is 14.0. The summed E-state index contributed by atoms with van der Waals surface area (Å²) in [6, 6.07) is 23.5. The van der Waals surface area contributed by atoms with Crippen LogP contribution in [0.25, 0.3) is 0 Å². The second-order valence-electron chi connectivity index (χ2n) is 9.17. The topological polar surface area (TPSA) is 64.6 Å². The van der Waals surface area contributed by atoms with Crippen LogP contribution in [0.5, 0.6) is 11.5 Å². The number of sulfonamides is 1. The van der Waals surface area contributed by atoms with Gasteiger partial charge in [-0.3, -0.25) is 0 Å². The summed E-state index contributed by atoms with van der Waals surface area (Å²) in [4.78, 5) is -0.149. The zero-order valence-electron chi connectivity index (χ0n) is 21.4. The van der Waals surface area contributed by atoms with E-state index in [9.17, 15) is 34.8 Å². The zero-order valence-corrected chi connectivity index (χ0v) is 23.0. The molecule has 4 aromatic rings. The highest BCUT2D eigenvalue weighted by Crippen LogP contribution is 2.40. The molecule has 4 aromatic carbocycles. The molecule has 222 valence electrons. The van der Waals surface area contributed by atoms with E-state index >= 15 is 0 Å². The Balaban J connectivity index is 1.91. The lowest BCUT2D eigenvalue weighted by Crippen LogP contribution is -2.43. The van der Waals surface area contributed by atoms with Crippen LogP contribution in [-0.4, -0.2) is 27.7 Å². The largest absolute Gasteiger partial charge is 0.573 e. The Labute approximate surface area is 242 Å². The molecule has 5 nitrogen and oxygen atoms in total. The van der Waals surface area contributed by atoms with Gasteiger partial charge in [-0.25, -0.2) is 13.1 Å². The molecule has 0 aliphatic carbocycles. The molecule has 13 heteroatoms. The zero-order chi connectivity index (χ0) is 30.6. The van der Waals surface area contributed by atoms with Gasteiger partial charge < -0.3 is 9.47 Å². The van der Waals surface area contributed by atoms with Crippen molar-refractivity contribution in [3.05, 3.63) is 125 Å². The van der Waals surface area contributed by atoms with Crippen LogP contribution in [0.1, 0.15) is 16.7 Å². The van der Waals surface area contributed by atoms with E-state index in [4.69, 9.17) is 11.6 Å². The van der Waals surface area contributed by atoms with Gasteiger partial charge in [0.1, 0.15) is 11.5 Å². The maximum atomic E-state index is 13.3. The van der Waals surface area contributed by atoms with E-state index < -0.39 is 46.2 Å². The maximum absolute atomic E-state index is 13.3. The summed E-state index contributed by atoms with van der Waals surface area (Å²) in [5, 5.41) is 0.287. The smallest absolute Gasteiger partial charge is 0.406 e. The average Bonchev–Trinajstić information content (AvgIpc) is 2.90. The van der Waals surface area contributed by atoms with Gasteiger partial charge >= 0.3 is 12.7 Å². The van der Waals surface area contributed by atoms with E-state index in [2.05, 4.69) is 14.2 Å².